The quantitative estimate of drug-likeness (QED) is 0.344. The summed E-state index contributed by atoms with van der Waals surface area (Å²) in [6.45, 7) is 10.8. The van der Waals surface area contributed by atoms with Gasteiger partial charge in [-0.2, -0.15) is 5.10 Å². The maximum absolute atomic E-state index is 13.7. The van der Waals surface area contributed by atoms with Crippen molar-refractivity contribution in [2.24, 2.45) is 0 Å². The van der Waals surface area contributed by atoms with E-state index in [9.17, 15) is 9.59 Å². The van der Waals surface area contributed by atoms with Gasteiger partial charge in [0.25, 0.3) is 11.8 Å². The number of carbonyl (C=O) groups is 2. The maximum atomic E-state index is 13.7. The summed E-state index contributed by atoms with van der Waals surface area (Å²) >= 11 is 0. The number of rotatable bonds is 7. The Morgan fingerprint density at radius 3 is 2.68 bits per heavy atom. The van der Waals surface area contributed by atoms with Gasteiger partial charge >= 0.3 is 0 Å². The third kappa shape index (κ3) is 7.10. The molecule has 2 amide bonds. The number of aromatic nitrogens is 2. The molecule has 0 spiro atoms. The number of nitrogens with one attached hydrogen (secondary N) is 1. The highest BCUT2D eigenvalue weighted by Gasteiger charge is 2.30. The monoisotopic (exact) mass is 511 g/mol. The highest BCUT2D eigenvalue weighted by molar-refractivity contribution is 6.04. The Labute approximate surface area is 220 Å². The molecule has 0 radical (unpaired) electrons. The molecule has 0 aliphatic carbocycles. The zero-order valence-electron chi connectivity index (χ0n) is 22.5. The van der Waals surface area contributed by atoms with Gasteiger partial charge < -0.3 is 24.6 Å². The minimum atomic E-state index is -0.110. The number of methoxy groups -OCH3 is 1. The summed E-state index contributed by atoms with van der Waals surface area (Å²) < 4.78 is 12.7. The van der Waals surface area contributed by atoms with Gasteiger partial charge in [0.2, 0.25) is 0 Å². The van der Waals surface area contributed by atoms with Crippen molar-refractivity contribution in [1.82, 2.24) is 24.9 Å². The Morgan fingerprint density at radius 1 is 1.22 bits per heavy atom. The van der Waals surface area contributed by atoms with Crippen LogP contribution >= 0.6 is 0 Å². The fraction of sp³-hybridized carbons (Fsp3) is 0.607. The Morgan fingerprint density at radius 2 is 1.97 bits per heavy atom. The minimum absolute atomic E-state index is 0.0619. The van der Waals surface area contributed by atoms with Gasteiger partial charge in [-0.25, -0.2) is 0 Å². The van der Waals surface area contributed by atoms with Gasteiger partial charge in [0.15, 0.2) is 0 Å². The van der Waals surface area contributed by atoms with Crippen LogP contribution in [0.3, 0.4) is 0 Å². The van der Waals surface area contributed by atoms with Crippen LogP contribution in [0.25, 0.3) is 5.57 Å². The van der Waals surface area contributed by atoms with Crippen molar-refractivity contribution in [2.45, 2.75) is 45.6 Å². The van der Waals surface area contributed by atoms with Gasteiger partial charge in [-0.15, -0.1) is 12.8 Å². The molecule has 0 atom stereocenters. The summed E-state index contributed by atoms with van der Waals surface area (Å²) in [5.41, 5.74) is 4.03. The van der Waals surface area contributed by atoms with Crippen LogP contribution in [0.15, 0.2) is 23.4 Å². The second-order valence-electron chi connectivity index (χ2n) is 9.79. The average Bonchev–Trinajstić information content (AvgIpc) is 3.24. The van der Waals surface area contributed by atoms with E-state index in [2.05, 4.69) is 28.2 Å². The summed E-state index contributed by atoms with van der Waals surface area (Å²) in [6.07, 6.45) is 15.3. The predicted molar refractivity (Wildman–Crippen MR) is 144 cm³/mol. The molecule has 2 fully saturated rings. The standard InChI is InChI=1S/C26H39N5O4.C2H2/c1-19(2)22(26(33)30-10-4-8-29(11-12-30)9-5-13-34-3)16-20-17-27-25(32)23-18-28-31(24(20)23)21-6-14-35-15-7-21;1-2/h16,18,21H,4-15,17H2,1-3H3,(H,27,32);1-2H/b20-16+;. The SMILES string of the molecule is C#C.COCCCN1CCCN(C(=O)C(/C=C2\CNC(=O)c3cnn(C4CCOCC4)c32)=C(C)C)CC1. The second-order valence-corrected chi connectivity index (χ2v) is 9.79. The summed E-state index contributed by atoms with van der Waals surface area (Å²) in [5.74, 6) is -0.0477. The van der Waals surface area contributed by atoms with Crippen LogP contribution in [0.5, 0.6) is 0 Å². The van der Waals surface area contributed by atoms with Crippen LogP contribution in [0.1, 0.15) is 61.6 Å². The van der Waals surface area contributed by atoms with Gasteiger partial charge in [0.05, 0.1) is 23.5 Å². The highest BCUT2D eigenvalue weighted by atomic mass is 16.5. The molecule has 37 heavy (non-hydrogen) atoms. The fourth-order valence-electron chi connectivity index (χ4n) is 5.12. The zero-order chi connectivity index (χ0) is 26.8. The first-order chi connectivity index (χ1) is 18.0. The lowest BCUT2D eigenvalue weighted by Gasteiger charge is -2.27. The van der Waals surface area contributed by atoms with Crippen molar-refractivity contribution in [1.29, 1.82) is 0 Å². The highest BCUT2D eigenvalue weighted by Crippen LogP contribution is 2.31. The van der Waals surface area contributed by atoms with E-state index < -0.39 is 0 Å². The van der Waals surface area contributed by atoms with Gasteiger partial charge in [0, 0.05) is 65.2 Å². The van der Waals surface area contributed by atoms with Crippen molar-refractivity contribution in [3.8, 4) is 12.8 Å². The molecular formula is C28H41N5O4. The molecule has 4 heterocycles. The summed E-state index contributed by atoms with van der Waals surface area (Å²) in [5, 5.41) is 7.55. The molecule has 0 saturated carbocycles. The number of amides is 2. The van der Waals surface area contributed by atoms with E-state index in [4.69, 9.17) is 9.47 Å². The number of allylic oxidation sites excluding steroid dienone is 1. The number of ether oxygens (including phenoxy) is 2. The van der Waals surface area contributed by atoms with Crippen LogP contribution in [0.4, 0.5) is 0 Å². The smallest absolute Gasteiger partial charge is 0.255 e. The van der Waals surface area contributed by atoms with Gasteiger partial charge in [-0.3, -0.25) is 14.3 Å². The molecule has 4 rings (SSSR count). The van der Waals surface area contributed by atoms with Gasteiger partial charge in [-0.05, 0) is 57.7 Å². The van der Waals surface area contributed by atoms with E-state index in [0.29, 0.717) is 37.4 Å². The Bertz CT molecular complexity index is 1020. The lowest BCUT2D eigenvalue weighted by atomic mass is 9.97. The molecule has 0 bridgehead atoms. The lowest BCUT2D eigenvalue weighted by Crippen LogP contribution is -2.37. The fourth-order valence-corrected chi connectivity index (χ4v) is 5.12. The van der Waals surface area contributed by atoms with Crippen molar-refractivity contribution >= 4 is 17.4 Å². The minimum Gasteiger partial charge on any atom is -0.385 e. The van der Waals surface area contributed by atoms with Crippen LogP contribution in [0.2, 0.25) is 0 Å². The second kappa shape index (κ2) is 14.1. The van der Waals surface area contributed by atoms with Crippen LogP contribution in [-0.4, -0.2) is 97.6 Å². The maximum Gasteiger partial charge on any atom is 0.255 e. The lowest BCUT2D eigenvalue weighted by molar-refractivity contribution is -0.126. The molecule has 9 heteroatoms. The third-order valence-electron chi connectivity index (χ3n) is 7.11. The average molecular weight is 512 g/mol. The number of fused-ring (bicyclic) bond motifs is 1. The molecule has 1 N–H and O–H groups in total. The molecule has 0 unspecified atom stereocenters. The van der Waals surface area contributed by atoms with E-state index >= 15 is 0 Å². The molecule has 0 aromatic carbocycles. The van der Waals surface area contributed by atoms with E-state index in [1.807, 2.05) is 29.5 Å². The molecule has 1 aromatic rings. The summed E-state index contributed by atoms with van der Waals surface area (Å²) in [7, 11) is 1.73. The van der Waals surface area contributed by atoms with Crippen molar-refractivity contribution < 1.29 is 19.1 Å². The van der Waals surface area contributed by atoms with E-state index in [0.717, 1.165) is 75.3 Å². The number of hydrogen-bond donors (Lipinski definition) is 1. The van der Waals surface area contributed by atoms with E-state index in [1.165, 1.54) is 0 Å². The van der Waals surface area contributed by atoms with Crippen LogP contribution in [0, 0.1) is 12.8 Å². The first-order valence-electron chi connectivity index (χ1n) is 13.2. The van der Waals surface area contributed by atoms with Gasteiger partial charge in [0.1, 0.15) is 0 Å². The number of carbonyl (C=O) groups excluding carboxylic acids is 2. The largest absolute Gasteiger partial charge is 0.385 e. The third-order valence-corrected chi connectivity index (χ3v) is 7.11. The normalized spacial score (nSPS) is 19.9. The first kappa shape index (κ1) is 28.6. The topological polar surface area (TPSA) is 88.9 Å². The molecule has 9 nitrogen and oxygen atoms in total. The number of nitrogens with zero attached hydrogens (tertiary/aromatic N) is 4. The molecule has 3 aliphatic heterocycles. The molecular weight excluding hydrogens is 470 g/mol. The first-order valence-corrected chi connectivity index (χ1v) is 13.2. The number of hydrogen-bond acceptors (Lipinski definition) is 6. The zero-order valence-corrected chi connectivity index (χ0v) is 22.5. The van der Waals surface area contributed by atoms with Crippen LogP contribution < -0.4 is 5.32 Å². The Kier molecular flexibility index (Phi) is 10.9. The molecule has 3 aliphatic rings. The van der Waals surface area contributed by atoms with Crippen molar-refractivity contribution in [3.63, 3.8) is 0 Å². The molecule has 202 valence electrons. The Balaban J connectivity index is 0.00000186. The van der Waals surface area contributed by atoms with E-state index in [1.54, 1.807) is 13.3 Å². The predicted octanol–water partition coefficient (Wildman–Crippen LogP) is 2.52. The molecule has 2 saturated heterocycles. The van der Waals surface area contributed by atoms with Gasteiger partial charge in [-0.1, -0.05) is 5.57 Å². The van der Waals surface area contributed by atoms with Crippen molar-refractivity contribution in [3.05, 3.63) is 34.7 Å². The molecule has 1 aromatic heterocycles. The van der Waals surface area contributed by atoms with Crippen molar-refractivity contribution in [2.75, 3.05) is 66.2 Å². The summed E-state index contributed by atoms with van der Waals surface area (Å²) in [4.78, 5) is 30.7. The number of terminal acetylenes is 1. The Hall–Kier alpha value is -2.93. The van der Waals surface area contributed by atoms with E-state index in [-0.39, 0.29) is 17.9 Å². The van der Waals surface area contributed by atoms with Crippen LogP contribution in [-0.2, 0) is 14.3 Å². The summed E-state index contributed by atoms with van der Waals surface area (Å²) in [6, 6.07) is 0.197.